The number of hydrogen-bond donors (Lipinski definition) is 1. The number of carbonyl (C=O) groups is 1. The molecule has 3 nitrogen and oxygen atoms in total. The highest BCUT2D eigenvalue weighted by Gasteiger charge is 2.33. The van der Waals surface area contributed by atoms with Crippen LogP contribution >= 0.6 is 0 Å². The maximum atomic E-state index is 12.9. The van der Waals surface area contributed by atoms with Crippen LogP contribution in [0.4, 0.5) is 4.39 Å². The van der Waals surface area contributed by atoms with Crippen molar-refractivity contribution in [2.24, 2.45) is 5.73 Å². The summed E-state index contributed by atoms with van der Waals surface area (Å²) >= 11 is 0. The van der Waals surface area contributed by atoms with Crippen molar-refractivity contribution in [2.75, 3.05) is 6.54 Å². The molecule has 0 radical (unpaired) electrons. The summed E-state index contributed by atoms with van der Waals surface area (Å²) < 4.78 is 12.9. The van der Waals surface area contributed by atoms with E-state index < -0.39 is 0 Å². The van der Waals surface area contributed by atoms with Gasteiger partial charge < -0.3 is 10.6 Å². The topological polar surface area (TPSA) is 46.3 Å². The summed E-state index contributed by atoms with van der Waals surface area (Å²) in [4.78, 5) is 14.0. The number of likely N-dealkylation sites (tertiary alicyclic amines) is 1. The minimum Gasteiger partial charge on any atom is -0.339 e. The van der Waals surface area contributed by atoms with Crippen molar-refractivity contribution in [3.8, 4) is 0 Å². The molecule has 104 valence electrons. The van der Waals surface area contributed by atoms with Gasteiger partial charge in [-0.15, -0.1) is 0 Å². The molecule has 1 aromatic carbocycles. The van der Waals surface area contributed by atoms with Gasteiger partial charge in [0.25, 0.3) is 0 Å². The largest absolute Gasteiger partial charge is 0.339 e. The molecule has 1 aliphatic heterocycles. The van der Waals surface area contributed by atoms with E-state index in [1.165, 1.54) is 12.1 Å². The van der Waals surface area contributed by atoms with E-state index >= 15 is 0 Å². The van der Waals surface area contributed by atoms with E-state index in [0.717, 1.165) is 12.0 Å². The Balaban J connectivity index is 2.04. The summed E-state index contributed by atoms with van der Waals surface area (Å²) in [6.07, 6.45) is 1.32. The fourth-order valence-corrected chi connectivity index (χ4v) is 2.75. The second-order valence-corrected chi connectivity index (χ2v) is 5.56. The number of rotatable bonds is 3. The molecule has 2 rings (SSSR count). The van der Waals surface area contributed by atoms with Crippen molar-refractivity contribution >= 4 is 5.91 Å². The zero-order valence-electron chi connectivity index (χ0n) is 11.5. The SMILES string of the molecule is CC(N)CC(=O)N1CC(c2ccc(F)cc2)CC1C. The molecule has 1 aromatic rings. The predicted octanol–water partition coefficient (Wildman–Crippen LogP) is 2.27. The Kier molecular flexibility index (Phi) is 4.20. The summed E-state index contributed by atoms with van der Waals surface area (Å²) in [5.74, 6) is 0.194. The van der Waals surface area contributed by atoms with Crippen LogP contribution in [0.2, 0.25) is 0 Å². The van der Waals surface area contributed by atoms with E-state index in [2.05, 4.69) is 6.92 Å². The number of halogens is 1. The van der Waals surface area contributed by atoms with Crippen molar-refractivity contribution in [1.82, 2.24) is 4.90 Å². The van der Waals surface area contributed by atoms with Gasteiger partial charge in [-0.05, 0) is 38.0 Å². The standard InChI is InChI=1S/C15H21FN2O/c1-10(17)7-15(19)18-9-13(8-11(18)2)12-3-5-14(16)6-4-12/h3-6,10-11,13H,7-9,17H2,1-2H3. The summed E-state index contributed by atoms with van der Waals surface area (Å²) in [5.41, 5.74) is 6.78. The Labute approximate surface area is 113 Å². The quantitative estimate of drug-likeness (QED) is 0.910. The van der Waals surface area contributed by atoms with Crippen LogP contribution in [-0.4, -0.2) is 29.4 Å². The van der Waals surface area contributed by atoms with Crippen molar-refractivity contribution in [2.45, 2.75) is 44.7 Å². The first-order valence-corrected chi connectivity index (χ1v) is 6.78. The summed E-state index contributed by atoms with van der Waals surface area (Å²) in [5, 5.41) is 0. The molecule has 1 saturated heterocycles. The van der Waals surface area contributed by atoms with E-state index in [1.807, 2.05) is 24.0 Å². The van der Waals surface area contributed by atoms with E-state index in [0.29, 0.717) is 18.9 Å². The molecule has 1 heterocycles. The normalized spacial score (nSPS) is 24.5. The molecule has 0 saturated carbocycles. The predicted molar refractivity (Wildman–Crippen MR) is 73.2 cm³/mol. The highest BCUT2D eigenvalue weighted by atomic mass is 19.1. The third-order valence-corrected chi connectivity index (χ3v) is 3.73. The van der Waals surface area contributed by atoms with Gasteiger partial charge in [0.15, 0.2) is 0 Å². The van der Waals surface area contributed by atoms with Gasteiger partial charge in [-0.25, -0.2) is 4.39 Å². The molecule has 0 aliphatic carbocycles. The number of nitrogens with zero attached hydrogens (tertiary/aromatic N) is 1. The molecule has 0 bridgehead atoms. The Morgan fingerprint density at radius 2 is 2.11 bits per heavy atom. The molecule has 4 heteroatoms. The zero-order chi connectivity index (χ0) is 14.0. The van der Waals surface area contributed by atoms with E-state index in [-0.39, 0.29) is 23.8 Å². The van der Waals surface area contributed by atoms with Crippen LogP contribution in [0.25, 0.3) is 0 Å². The highest BCUT2D eigenvalue weighted by Crippen LogP contribution is 2.32. The van der Waals surface area contributed by atoms with Gasteiger partial charge in [0, 0.05) is 31.0 Å². The second-order valence-electron chi connectivity index (χ2n) is 5.56. The monoisotopic (exact) mass is 264 g/mol. The summed E-state index contributed by atoms with van der Waals surface area (Å²) in [6.45, 7) is 4.61. The van der Waals surface area contributed by atoms with Crippen LogP contribution < -0.4 is 5.73 Å². The van der Waals surface area contributed by atoms with Gasteiger partial charge in [-0.1, -0.05) is 12.1 Å². The van der Waals surface area contributed by atoms with Crippen LogP contribution in [-0.2, 0) is 4.79 Å². The van der Waals surface area contributed by atoms with Crippen molar-refractivity contribution in [3.63, 3.8) is 0 Å². The molecule has 1 fully saturated rings. The van der Waals surface area contributed by atoms with Gasteiger partial charge >= 0.3 is 0 Å². The Hall–Kier alpha value is -1.42. The molecule has 0 spiro atoms. The lowest BCUT2D eigenvalue weighted by Crippen LogP contribution is -2.37. The maximum absolute atomic E-state index is 12.9. The van der Waals surface area contributed by atoms with Crippen LogP contribution in [0.15, 0.2) is 24.3 Å². The van der Waals surface area contributed by atoms with Crippen molar-refractivity contribution in [1.29, 1.82) is 0 Å². The fraction of sp³-hybridized carbons (Fsp3) is 0.533. The first-order chi connectivity index (χ1) is 8.97. The minimum atomic E-state index is -0.223. The first-order valence-electron chi connectivity index (χ1n) is 6.78. The smallest absolute Gasteiger partial charge is 0.224 e. The molecular weight excluding hydrogens is 243 g/mol. The van der Waals surface area contributed by atoms with Gasteiger partial charge in [0.2, 0.25) is 5.91 Å². The van der Waals surface area contributed by atoms with Crippen LogP contribution in [0.5, 0.6) is 0 Å². The second kappa shape index (κ2) is 5.70. The summed E-state index contributed by atoms with van der Waals surface area (Å²) in [6, 6.07) is 6.70. The number of amides is 1. The Bertz CT molecular complexity index is 444. The number of carbonyl (C=O) groups excluding carboxylic acids is 1. The maximum Gasteiger partial charge on any atom is 0.224 e. The molecular formula is C15H21FN2O. The average molecular weight is 264 g/mol. The van der Waals surface area contributed by atoms with Gasteiger partial charge in [0.05, 0.1) is 0 Å². The van der Waals surface area contributed by atoms with E-state index in [4.69, 9.17) is 5.73 Å². The molecule has 19 heavy (non-hydrogen) atoms. The number of benzene rings is 1. The molecule has 1 amide bonds. The van der Waals surface area contributed by atoms with E-state index in [9.17, 15) is 9.18 Å². The Morgan fingerprint density at radius 1 is 1.47 bits per heavy atom. The van der Waals surface area contributed by atoms with Crippen LogP contribution in [0.1, 0.15) is 38.2 Å². The fourth-order valence-electron chi connectivity index (χ4n) is 2.75. The van der Waals surface area contributed by atoms with Gasteiger partial charge in [-0.2, -0.15) is 0 Å². The van der Waals surface area contributed by atoms with Crippen molar-refractivity contribution < 1.29 is 9.18 Å². The highest BCUT2D eigenvalue weighted by molar-refractivity contribution is 5.77. The Morgan fingerprint density at radius 3 is 2.68 bits per heavy atom. The van der Waals surface area contributed by atoms with Crippen molar-refractivity contribution in [3.05, 3.63) is 35.6 Å². The van der Waals surface area contributed by atoms with Gasteiger partial charge in [0.1, 0.15) is 5.82 Å². The molecule has 1 aliphatic rings. The zero-order valence-corrected chi connectivity index (χ0v) is 11.5. The first kappa shape index (κ1) is 14.0. The number of hydrogen-bond acceptors (Lipinski definition) is 2. The lowest BCUT2D eigenvalue weighted by molar-refractivity contribution is -0.132. The molecule has 3 atom stereocenters. The lowest BCUT2D eigenvalue weighted by Gasteiger charge is -2.22. The van der Waals surface area contributed by atoms with Crippen LogP contribution in [0.3, 0.4) is 0 Å². The summed E-state index contributed by atoms with van der Waals surface area (Å²) in [7, 11) is 0. The third-order valence-electron chi connectivity index (χ3n) is 3.73. The molecule has 3 unspecified atom stereocenters. The average Bonchev–Trinajstić information content (AvgIpc) is 2.71. The van der Waals surface area contributed by atoms with Gasteiger partial charge in [-0.3, -0.25) is 4.79 Å². The molecule has 2 N–H and O–H groups in total. The minimum absolute atomic E-state index is 0.107. The molecule has 0 aromatic heterocycles. The van der Waals surface area contributed by atoms with E-state index in [1.54, 1.807) is 0 Å². The third kappa shape index (κ3) is 3.32. The van der Waals surface area contributed by atoms with Crippen LogP contribution in [0, 0.1) is 5.82 Å². The lowest BCUT2D eigenvalue weighted by atomic mass is 9.97. The number of nitrogens with two attached hydrogens (primary N) is 1.